The molecule has 0 aliphatic heterocycles. The zero-order chi connectivity index (χ0) is 11.7. The zero-order valence-corrected chi connectivity index (χ0v) is 10.5. The topological polar surface area (TPSA) is 17.1 Å². The van der Waals surface area contributed by atoms with E-state index in [-0.39, 0.29) is 5.78 Å². The second-order valence-electron chi connectivity index (χ2n) is 4.34. The van der Waals surface area contributed by atoms with Crippen molar-refractivity contribution in [3.8, 4) is 0 Å². The van der Waals surface area contributed by atoms with E-state index in [4.69, 9.17) is 0 Å². The number of carbonyl (C=O) groups is 1. The Hall–Kier alpha value is -0.850. The highest BCUT2D eigenvalue weighted by Gasteiger charge is 1.98. The molecule has 15 heavy (non-hydrogen) atoms. The van der Waals surface area contributed by atoms with Gasteiger partial charge in [0.2, 0.25) is 0 Å². The molecule has 0 aliphatic rings. The summed E-state index contributed by atoms with van der Waals surface area (Å²) in [5.41, 5.74) is 1.47. The summed E-state index contributed by atoms with van der Waals surface area (Å²) in [6.45, 7) is 8.19. The van der Waals surface area contributed by atoms with Gasteiger partial charge < -0.3 is 0 Å². The van der Waals surface area contributed by atoms with Gasteiger partial charge in [0, 0.05) is 0 Å². The zero-order valence-electron chi connectivity index (χ0n) is 10.5. The molecule has 0 saturated heterocycles. The molecule has 0 rings (SSSR count). The minimum atomic E-state index is 0.143. The van der Waals surface area contributed by atoms with Gasteiger partial charge in [0.25, 0.3) is 0 Å². The molecule has 1 atom stereocenters. The van der Waals surface area contributed by atoms with E-state index in [0.717, 1.165) is 19.3 Å². The molecule has 1 heteroatoms. The molecule has 0 heterocycles. The van der Waals surface area contributed by atoms with Crippen LogP contribution in [0.4, 0.5) is 0 Å². The molecule has 0 aromatic carbocycles. The highest BCUT2D eigenvalue weighted by atomic mass is 16.1. The highest BCUT2D eigenvalue weighted by Crippen LogP contribution is 2.13. The minimum absolute atomic E-state index is 0.143. The summed E-state index contributed by atoms with van der Waals surface area (Å²) in [5.74, 6) is 0.811. The van der Waals surface area contributed by atoms with Crippen LogP contribution in [0.15, 0.2) is 23.8 Å². The molecule has 0 aromatic rings. The molecular formula is C14H24O. The first kappa shape index (κ1) is 14.2. The summed E-state index contributed by atoms with van der Waals surface area (Å²) >= 11 is 0. The van der Waals surface area contributed by atoms with Crippen LogP contribution in [0.1, 0.15) is 53.4 Å². The van der Waals surface area contributed by atoms with Gasteiger partial charge in [0.15, 0.2) is 5.78 Å². The lowest BCUT2D eigenvalue weighted by Gasteiger charge is -2.06. The Morgan fingerprint density at radius 3 is 2.53 bits per heavy atom. The lowest BCUT2D eigenvalue weighted by Crippen LogP contribution is -1.92. The van der Waals surface area contributed by atoms with Gasteiger partial charge >= 0.3 is 0 Å². The average Bonchev–Trinajstić information content (AvgIpc) is 2.17. The second kappa shape index (κ2) is 8.46. The number of rotatable bonds is 7. The van der Waals surface area contributed by atoms with E-state index in [1.807, 2.05) is 6.08 Å². The van der Waals surface area contributed by atoms with Crippen molar-refractivity contribution in [2.24, 2.45) is 5.92 Å². The number of ketones is 1. The maximum atomic E-state index is 10.7. The Labute approximate surface area is 94.3 Å². The van der Waals surface area contributed by atoms with E-state index in [1.54, 1.807) is 13.0 Å². The number of hydrogen-bond acceptors (Lipinski definition) is 1. The van der Waals surface area contributed by atoms with Crippen molar-refractivity contribution in [1.82, 2.24) is 0 Å². The molecule has 1 unspecified atom stereocenters. The molecule has 0 aliphatic carbocycles. The summed E-state index contributed by atoms with van der Waals surface area (Å²) in [6, 6.07) is 0. The summed E-state index contributed by atoms with van der Waals surface area (Å²) < 4.78 is 0. The van der Waals surface area contributed by atoms with Gasteiger partial charge in [-0.3, -0.25) is 4.79 Å². The van der Waals surface area contributed by atoms with Gasteiger partial charge in [-0.05, 0) is 51.5 Å². The van der Waals surface area contributed by atoms with Gasteiger partial charge in [0.05, 0.1) is 0 Å². The van der Waals surface area contributed by atoms with Crippen LogP contribution in [0.2, 0.25) is 0 Å². The molecular weight excluding hydrogens is 184 g/mol. The van der Waals surface area contributed by atoms with Crippen LogP contribution >= 0.6 is 0 Å². The number of allylic oxidation sites excluding steroid dienone is 4. The number of carbonyl (C=O) groups excluding carboxylic acids is 1. The Morgan fingerprint density at radius 2 is 2.00 bits per heavy atom. The smallest absolute Gasteiger partial charge is 0.152 e. The van der Waals surface area contributed by atoms with Crippen LogP contribution in [-0.4, -0.2) is 5.78 Å². The van der Waals surface area contributed by atoms with E-state index in [2.05, 4.69) is 26.8 Å². The summed E-state index contributed by atoms with van der Waals surface area (Å²) in [4.78, 5) is 10.7. The summed E-state index contributed by atoms with van der Waals surface area (Å²) in [6.07, 6.45) is 10.5. The van der Waals surface area contributed by atoms with Crippen molar-refractivity contribution in [3.05, 3.63) is 23.8 Å². The van der Waals surface area contributed by atoms with Crippen molar-refractivity contribution >= 4 is 5.78 Å². The molecule has 0 amide bonds. The lowest BCUT2D eigenvalue weighted by molar-refractivity contribution is -0.112. The van der Waals surface area contributed by atoms with Crippen LogP contribution in [0.25, 0.3) is 0 Å². The molecule has 0 fully saturated rings. The fourth-order valence-electron chi connectivity index (χ4n) is 1.34. The first-order chi connectivity index (χ1) is 7.06. The van der Waals surface area contributed by atoms with Gasteiger partial charge in [-0.1, -0.05) is 31.6 Å². The van der Waals surface area contributed by atoms with Crippen molar-refractivity contribution < 1.29 is 4.79 Å². The Kier molecular flexibility index (Phi) is 7.98. The van der Waals surface area contributed by atoms with Crippen molar-refractivity contribution in [2.45, 2.75) is 53.4 Å². The largest absolute Gasteiger partial charge is 0.295 e. The third-order valence-electron chi connectivity index (χ3n) is 2.60. The lowest BCUT2D eigenvalue weighted by atomic mass is 10.0. The summed E-state index contributed by atoms with van der Waals surface area (Å²) in [5, 5.41) is 0. The Morgan fingerprint density at radius 1 is 1.33 bits per heavy atom. The van der Waals surface area contributed by atoms with Crippen LogP contribution in [0.3, 0.4) is 0 Å². The molecule has 86 valence electrons. The summed E-state index contributed by atoms with van der Waals surface area (Å²) in [7, 11) is 0. The van der Waals surface area contributed by atoms with Gasteiger partial charge in [0.1, 0.15) is 0 Å². The van der Waals surface area contributed by atoms with Crippen LogP contribution in [0, 0.1) is 5.92 Å². The SMILES string of the molecule is CC/C(C)=C/CCC(C)C/C=C/C(C)=O. The highest BCUT2D eigenvalue weighted by molar-refractivity contribution is 5.87. The standard InChI is InChI=1S/C14H24O/c1-5-12(2)8-6-9-13(3)10-7-11-14(4)15/h7-8,11,13H,5-6,9-10H2,1-4H3/b11-7+,12-8+. The molecule has 0 bridgehead atoms. The van der Waals surface area contributed by atoms with Crippen LogP contribution in [0.5, 0.6) is 0 Å². The van der Waals surface area contributed by atoms with Crippen molar-refractivity contribution in [3.63, 3.8) is 0 Å². The maximum Gasteiger partial charge on any atom is 0.152 e. The van der Waals surface area contributed by atoms with E-state index in [1.165, 1.54) is 12.0 Å². The second-order valence-corrected chi connectivity index (χ2v) is 4.34. The average molecular weight is 208 g/mol. The van der Waals surface area contributed by atoms with Crippen molar-refractivity contribution in [2.75, 3.05) is 0 Å². The van der Waals surface area contributed by atoms with Crippen molar-refractivity contribution in [1.29, 1.82) is 0 Å². The van der Waals surface area contributed by atoms with E-state index >= 15 is 0 Å². The fourth-order valence-corrected chi connectivity index (χ4v) is 1.34. The van der Waals surface area contributed by atoms with Gasteiger partial charge in [-0.15, -0.1) is 0 Å². The molecule has 1 nitrogen and oxygen atoms in total. The predicted octanol–water partition coefficient (Wildman–Crippen LogP) is 4.29. The number of hydrogen-bond donors (Lipinski definition) is 0. The monoisotopic (exact) mass is 208 g/mol. The molecule has 0 radical (unpaired) electrons. The van der Waals surface area contributed by atoms with Crippen LogP contribution < -0.4 is 0 Å². The molecule has 0 spiro atoms. The predicted molar refractivity (Wildman–Crippen MR) is 66.9 cm³/mol. The third kappa shape index (κ3) is 9.45. The van der Waals surface area contributed by atoms with Gasteiger partial charge in [-0.25, -0.2) is 0 Å². The third-order valence-corrected chi connectivity index (χ3v) is 2.60. The Balaban J connectivity index is 3.66. The Bertz CT molecular complexity index is 236. The van der Waals surface area contributed by atoms with E-state index in [9.17, 15) is 4.79 Å². The quantitative estimate of drug-likeness (QED) is 0.450. The van der Waals surface area contributed by atoms with E-state index in [0.29, 0.717) is 5.92 Å². The first-order valence-corrected chi connectivity index (χ1v) is 5.89. The fraction of sp³-hybridized carbons (Fsp3) is 0.643. The van der Waals surface area contributed by atoms with Gasteiger partial charge in [-0.2, -0.15) is 0 Å². The normalized spacial score (nSPS) is 14.5. The molecule has 0 aromatic heterocycles. The first-order valence-electron chi connectivity index (χ1n) is 5.89. The van der Waals surface area contributed by atoms with E-state index < -0.39 is 0 Å². The maximum absolute atomic E-state index is 10.7. The van der Waals surface area contributed by atoms with Crippen LogP contribution in [-0.2, 0) is 4.79 Å². The minimum Gasteiger partial charge on any atom is -0.295 e. The molecule has 0 N–H and O–H groups in total. The molecule has 0 saturated carbocycles.